The molecule has 1 aromatic rings. The SMILES string of the molecule is CC(C)C(C)OC(c1ccc(Cl)s1)C(C)N. The number of ether oxygens (including phenoxy) is 1. The molecule has 0 aromatic carbocycles. The van der Waals surface area contributed by atoms with Crippen LogP contribution in [0.25, 0.3) is 0 Å². The van der Waals surface area contributed by atoms with Crippen LogP contribution in [0.3, 0.4) is 0 Å². The number of nitrogens with two attached hydrogens (primary N) is 1. The molecule has 1 heterocycles. The Balaban J connectivity index is 2.76. The standard InChI is InChI=1S/C12H20ClNOS/c1-7(2)9(4)15-12(8(3)14)10-5-6-11(13)16-10/h5-9,12H,14H2,1-4H3. The van der Waals surface area contributed by atoms with Crippen LogP contribution in [-0.4, -0.2) is 12.1 Å². The van der Waals surface area contributed by atoms with E-state index in [9.17, 15) is 0 Å². The lowest BCUT2D eigenvalue weighted by molar-refractivity contribution is -0.0346. The zero-order valence-corrected chi connectivity index (χ0v) is 11.8. The van der Waals surface area contributed by atoms with Crippen LogP contribution in [0, 0.1) is 5.92 Å². The normalized spacial score (nSPS) is 17.4. The van der Waals surface area contributed by atoms with Gasteiger partial charge < -0.3 is 10.5 Å². The van der Waals surface area contributed by atoms with Gasteiger partial charge >= 0.3 is 0 Å². The molecule has 3 unspecified atom stereocenters. The first kappa shape index (κ1) is 14.0. The molecule has 92 valence electrons. The molecule has 2 N–H and O–H groups in total. The van der Waals surface area contributed by atoms with Gasteiger partial charge in [-0.3, -0.25) is 0 Å². The van der Waals surface area contributed by atoms with Crippen molar-refractivity contribution >= 4 is 22.9 Å². The van der Waals surface area contributed by atoms with Crippen LogP contribution in [0.2, 0.25) is 4.34 Å². The molecule has 0 saturated heterocycles. The Bertz CT molecular complexity index is 325. The van der Waals surface area contributed by atoms with E-state index in [1.165, 1.54) is 11.3 Å². The summed E-state index contributed by atoms with van der Waals surface area (Å²) in [5.74, 6) is 0.483. The van der Waals surface area contributed by atoms with Crippen molar-refractivity contribution in [2.24, 2.45) is 11.7 Å². The van der Waals surface area contributed by atoms with Crippen LogP contribution in [0.1, 0.15) is 38.7 Å². The van der Waals surface area contributed by atoms with Gasteiger partial charge in [0, 0.05) is 10.9 Å². The Morgan fingerprint density at radius 2 is 1.88 bits per heavy atom. The maximum Gasteiger partial charge on any atom is 0.107 e. The fourth-order valence-electron chi connectivity index (χ4n) is 1.32. The molecule has 2 nitrogen and oxygen atoms in total. The van der Waals surface area contributed by atoms with Crippen molar-refractivity contribution in [3.05, 3.63) is 21.3 Å². The summed E-state index contributed by atoms with van der Waals surface area (Å²) in [6, 6.07) is 3.85. The predicted octanol–water partition coefficient (Wildman–Crippen LogP) is 3.85. The van der Waals surface area contributed by atoms with Gasteiger partial charge in [0.2, 0.25) is 0 Å². The Hall–Kier alpha value is -0.0900. The average Bonchev–Trinajstić information content (AvgIpc) is 2.59. The highest BCUT2D eigenvalue weighted by atomic mass is 35.5. The molecule has 0 spiro atoms. The number of thiophene rings is 1. The average molecular weight is 262 g/mol. The van der Waals surface area contributed by atoms with E-state index in [0.29, 0.717) is 5.92 Å². The summed E-state index contributed by atoms with van der Waals surface area (Å²) in [4.78, 5) is 1.10. The first-order valence-corrected chi connectivity index (χ1v) is 6.77. The van der Waals surface area contributed by atoms with Gasteiger partial charge in [-0.15, -0.1) is 11.3 Å². The molecular weight excluding hydrogens is 242 g/mol. The Kier molecular flexibility index (Phi) is 5.25. The van der Waals surface area contributed by atoms with Crippen molar-refractivity contribution in [1.29, 1.82) is 0 Å². The predicted molar refractivity (Wildman–Crippen MR) is 71.1 cm³/mol. The van der Waals surface area contributed by atoms with E-state index in [0.717, 1.165) is 9.21 Å². The van der Waals surface area contributed by atoms with Gasteiger partial charge in [-0.25, -0.2) is 0 Å². The highest BCUT2D eigenvalue weighted by Crippen LogP contribution is 2.32. The van der Waals surface area contributed by atoms with Crippen LogP contribution >= 0.6 is 22.9 Å². The number of hydrogen-bond acceptors (Lipinski definition) is 3. The molecule has 0 saturated carbocycles. The molecule has 0 bridgehead atoms. The topological polar surface area (TPSA) is 35.2 Å². The Morgan fingerprint density at radius 3 is 2.25 bits per heavy atom. The van der Waals surface area contributed by atoms with E-state index < -0.39 is 0 Å². The van der Waals surface area contributed by atoms with Crippen LogP contribution < -0.4 is 5.73 Å². The van der Waals surface area contributed by atoms with Crippen LogP contribution in [0.15, 0.2) is 12.1 Å². The Labute approximate surface area is 107 Å². The summed E-state index contributed by atoms with van der Waals surface area (Å²) in [7, 11) is 0. The molecule has 0 aliphatic carbocycles. The van der Waals surface area contributed by atoms with E-state index in [1.54, 1.807) is 0 Å². The monoisotopic (exact) mass is 261 g/mol. The van der Waals surface area contributed by atoms with Gasteiger partial charge in [-0.05, 0) is 31.9 Å². The van der Waals surface area contributed by atoms with Gasteiger partial charge in [0.1, 0.15) is 6.10 Å². The van der Waals surface area contributed by atoms with Crippen molar-refractivity contribution in [2.75, 3.05) is 0 Å². The molecule has 0 aliphatic heterocycles. The minimum absolute atomic E-state index is 0.0316. The number of halogens is 1. The minimum Gasteiger partial charge on any atom is -0.368 e. The largest absolute Gasteiger partial charge is 0.368 e. The summed E-state index contributed by atoms with van der Waals surface area (Å²) in [5.41, 5.74) is 5.96. The zero-order chi connectivity index (χ0) is 12.3. The zero-order valence-electron chi connectivity index (χ0n) is 10.2. The first-order valence-electron chi connectivity index (χ1n) is 5.58. The maximum atomic E-state index is 6.00. The van der Waals surface area contributed by atoms with E-state index in [4.69, 9.17) is 22.1 Å². The number of rotatable bonds is 5. The summed E-state index contributed by atoms with van der Waals surface area (Å²) in [6.45, 7) is 8.33. The molecule has 16 heavy (non-hydrogen) atoms. The van der Waals surface area contributed by atoms with Crippen LogP contribution in [0.5, 0.6) is 0 Å². The highest BCUT2D eigenvalue weighted by molar-refractivity contribution is 7.16. The van der Waals surface area contributed by atoms with Crippen LogP contribution in [-0.2, 0) is 4.74 Å². The number of hydrogen-bond donors (Lipinski definition) is 1. The third-order valence-electron chi connectivity index (χ3n) is 2.65. The lowest BCUT2D eigenvalue weighted by Crippen LogP contribution is -2.30. The molecule has 0 radical (unpaired) electrons. The van der Waals surface area contributed by atoms with Crippen molar-refractivity contribution in [1.82, 2.24) is 0 Å². The minimum atomic E-state index is -0.0603. The molecule has 1 aromatic heterocycles. The third-order valence-corrected chi connectivity index (χ3v) is 3.94. The Morgan fingerprint density at radius 1 is 1.25 bits per heavy atom. The van der Waals surface area contributed by atoms with Gasteiger partial charge in [-0.2, -0.15) is 0 Å². The second-order valence-electron chi connectivity index (χ2n) is 4.51. The maximum absolute atomic E-state index is 6.00. The van der Waals surface area contributed by atoms with Crippen molar-refractivity contribution in [3.63, 3.8) is 0 Å². The fraction of sp³-hybridized carbons (Fsp3) is 0.667. The smallest absolute Gasteiger partial charge is 0.107 e. The summed E-state index contributed by atoms with van der Waals surface area (Å²) >= 11 is 7.47. The van der Waals surface area contributed by atoms with Gasteiger partial charge in [0.05, 0.1) is 10.4 Å². The molecule has 0 aliphatic rings. The van der Waals surface area contributed by atoms with Gasteiger partial charge in [0.25, 0.3) is 0 Å². The summed E-state index contributed by atoms with van der Waals surface area (Å²) < 4.78 is 6.78. The molecule has 0 fully saturated rings. The fourth-order valence-corrected chi connectivity index (χ4v) is 2.53. The molecule has 4 heteroatoms. The lowest BCUT2D eigenvalue weighted by Gasteiger charge is -2.26. The van der Waals surface area contributed by atoms with Crippen LogP contribution in [0.4, 0.5) is 0 Å². The quantitative estimate of drug-likeness (QED) is 0.874. The van der Waals surface area contributed by atoms with E-state index in [-0.39, 0.29) is 18.2 Å². The third kappa shape index (κ3) is 3.74. The van der Waals surface area contributed by atoms with Crippen molar-refractivity contribution in [2.45, 2.75) is 45.9 Å². The van der Waals surface area contributed by atoms with Gasteiger partial charge in [-0.1, -0.05) is 25.4 Å². The van der Waals surface area contributed by atoms with Crippen molar-refractivity contribution < 1.29 is 4.74 Å². The molecule has 3 atom stereocenters. The first-order chi connectivity index (χ1) is 7.41. The van der Waals surface area contributed by atoms with E-state index in [1.807, 2.05) is 19.1 Å². The molecular formula is C12H20ClNOS. The lowest BCUT2D eigenvalue weighted by atomic mass is 10.1. The second-order valence-corrected chi connectivity index (χ2v) is 6.25. The van der Waals surface area contributed by atoms with E-state index >= 15 is 0 Å². The summed E-state index contributed by atoms with van der Waals surface area (Å²) in [6.07, 6.45) is 0.131. The second kappa shape index (κ2) is 6.01. The van der Waals surface area contributed by atoms with Crippen molar-refractivity contribution in [3.8, 4) is 0 Å². The molecule has 0 amide bonds. The highest BCUT2D eigenvalue weighted by Gasteiger charge is 2.22. The summed E-state index contributed by atoms with van der Waals surface area (Å²) in [5, 5.41) is 0. The van der Waals surface area contributed by atoms with Gasteiger partial charge in [0.15, 0.2) is 0 Å². The molecule has 1 rings (SSSR count). The van der Waals surface area contributed by atoms with E-state index in [2.05, 4.69) is 20.8 Å².